The third-order valence-electron chi connectivity index (χ3n) is 2.33. The first kappa shape index (κ1) is 18.6. The van der Waals surface area contributed by atoms with Crippen molar-refractivity contribution >= 4 is 30.7 Å². The SMILES string of the molecule is CC(C)(CN)C(=O)NCCc1ncc[nH]1.Cl.Cl. The third kappa shape index (κ3) is 5.91. The maximum absolute atomic E-state index is 11.6. The summed E-state index contributed by atoms with van der Waals surface area (Å²) in [5.41, 5.74) is 5.00. The number of imidazole rings is 1. The molecule has 0 aliphatic rings. The van der Waals surface area contributed by atoms with E-state index in [1.54, 1.807) is 12.4 Å². The zero-order valence-electron chi connectivity index (χ0n) is 10.0. The van der Waals surface area contributed by atoms with Crippen molar-refractivity contribution < 1.29 is 4.79 Å². The topological polar surface area (TPSA) is 83.8 Å². The number of carbonyl (C=O) groups is 1. The number of halogens is 2. The van der Waals surface area contributed by atoms with Crippen LogP contribution in [0.15, 0.2) is 12.4 Å². The minimum atomic E-state index is -0.497. The Labute approximate surface area is 114 Å². The van der Waals surface area contributed by atoms with Gasteiger partial charge in [-0.3, -0.25) is 4.79 Å². The Morgan fingerprint density at radius 1 is 1.53 bits per heavy atom. The number of aromatic amines is 1. The molecule has 0 saturated carbocycles. The van der Waals surface area contributed by atoms with Crippen LogP contribution in [0.25, 0.3) is 0 Å². The fraction of sp³-hybridized carbons (Fsp3) is 0.600. The number of rotatable bonds is 5. The Morgan fingerprint density at radius 2 is 2.18 bits per heavy atom. The van der Waals surface area contributed by atoms with Crippen LogP contribution in [0, 0.1) is 5.41 Å². The Bertz CT molecular complexity index is 314. The predicted molar refractivity (Wildman–Crippen MR) is 72.6 cm³/mol. The van der Waals surface area contributed by atoms with Crippen molar-refractivity contribution in [1.82, 2.24) is 15.3 Å². The van der Waals surface area contributed by atoms with E-state index in [1.165, 1.54) is 0 Å². The molecule has 0 aromatic carbocycles. The first-order valence-electron chi connectivity index (χ1n) is 5.03. The molecule has 0 atom stereocenters. The van der Waals surface area contributed by atoms with E-state index in [9.17, 15) is 4.79 Å². The van der Waals surface area contributed by atoms with Crippen LogP contribution < -0.4 is 11.1 Å². The van der Waals surface area contributed by atoms with Crippen molar-refractivity contribution in [2.45, 2.75) is 20.3 Å². The normalized spacial score (nSPS) is 10.1. The van der Waals surface area contributed by atoms with Crippen LogP contribution in [0.2, 0.25) is 0 Å². The zero-order valence-corrected chi connectivity index (χ0v) is 11.7. The van der Waals surface area contributed by atoms with Gasteiger partial charge in [-0.2, -0.15) is 0 Å². The summed E-state index contributed by atoms with van der Waals surface area (Å²) in [4.78, 5) is 18.6. The van der Waals surface area contributed by atoms with Crippen molar-refractivity contribution in [3.63, 3.8) is 0 Å². The summed E-state index contributed by atoms with van der Waals surface area (Å²) in [6.07, 6.45) is 4.17. The quantitative estimate of drug-likeness (QED) is 0.750. The minimum Gasteiger partial charge on any atom is -0.355 e. The van der Waals surface area contributed by atoms with Crippen LogP contribution in [0.3, 0.4) is 0 Å². The standard InChI is InChI=1S/C10H18N4O.2ClH/c1-10(2,7-11)9(15)14-4-3-8-12-5-6-13-8;;/h5-6H,3-4,7,11H2,1-2H3,(H,12,13)(H,14,15);2*1H. The predicted octanol–water partition coefficient (Wildman–Crippen LogP) is 0.897. The molecule has 1 amide bonds. The van der Waals surface area contributed by atoms with E-state index in [2.05, 4.69) is 15.3 Å². The largest absolute Gasteiger partial charge is 0.355 e. The smallest absolute Gasteiger partial charge is 0.226 e. The number of carbonyl (C=O) groups excluding carboxylic acids is 1. The first-order valence-corrected chi connectivity index (χ1v) is 5.03. The molecule has 17 heavy (non-hydrogen) atoms. The van der Waals surface area contributed by atoms with Gasteiger partial charge in [0.15, 0.2) is 0 Å². The molecule has 0 radical (unpaired) electrons. The second-order valence-electron chi connectivity index (χ2n) is 4.13. The highest BCUT2D eigenvalue weighted by atomic mass is 35.5. The Hall–Kier alpha value is -0.780. The lowest BCUT2D eigenvalue weighted by Gasteiger charge is -2.20. The fourth-order valence-electron chi connectivity index (χ4n) is 1.06. The summed E-state index contributed by atoms with van der Waals surface area (Å²) < 4.78 is 0. The number of H-pyrrole nitrogens is 1. The average molecular weight is 283 g/mol. The molecule has 0 saturated heterocycles. The number of hydrogen-bond donors (Lipinski definition) is 3. The summed E-state index contributed by atoms with van der Waals surface area (Å²) in [5, 5.41) is 2.83. The Morgan fingerprint density at radius 3 is 2.65 bits per heavy atom. The lowest BCUT2D eigenvalue weighted by molar-refractivity contribution is -0.128. The van der Waals surface area contributed by atoms with Gasteiger partial charge in [0, 0.05) is 31.9 Å². The number of amides is 1. The van der Waals surface area contributed by atoms with Gasteiger partial charge in [-0.1, -0.05) is 0 Å². The molecule has 0 unspecified atom stereocenters. The number of hydrogen-bond acceptors (Lipinski definition) is 3. The zero-order chi connectivity index (χ0) is 11.3. The average Bonchev–Trinajstić information content (AvgIpc) is 2.70. The minimum absolute atomic E-state index is 0. The molecule has 1 aromatic heterocycles. The molecule has 1 rings (SSSR count). The Kier molecular flexibility index (Phi) is 9.11. The van der Waals surface area contributed by atoms with E-state index in [1.807, 2.05) is 13.8 Å². The Balaban J connectivity index is 0. The summed E-state index contributed by atoms with van der Waals surface area (Å²) >= 11 is 0. The fourth-order valence-corrected chi connectivity index (χ4v) is 1.06. The van der Waals surface area contributed by atoms with E-state index in [0.29, 0.717) is 19.5 Å². The van der Waals surface area contributed by atoms with Gasteiger partial charge in [-0.15, -0.1) is 24.8 Å². The van der Waals surface area contributed by atoms with Crippen LogP contribution in [0.5, 0.6) is 0 Å². The van der Waals surface area contributed by atoms with E-state index in [0.717, 1.165) is 5.82 Å². The highest BCUT2D eigenvalue weighted by molar-refractivity contribution is 5.85. The van der Waals surface area contributed by atoms with E-state index >= 15 is 0 Å². The highest BCUT2D eigenvalue weighted by Gasteiger charge is 2.24. The van der Waals surface area contributed by atoms with Gasteiger partial charge < -0.3 is 16.0 Å². The second kappa shape index (κ2) is 8.33. The monoisotopic (exact) mass is 282 g/mol. The highest BCUT2D eigenvalue weighted by Crippen LogP contribution is 2.11. The lowest BCUT2D eigenvalue weighted by atomic mass is 9.93. The van der Waals surface area contributed by atoms with Crippen LogP contribution >= 0.6 is 24.8 Å². The first-order chi connectivity index (χ1) is 7.06. The molecule has 4 N–H and O–H groups in total. The summed E-state index contributed by atoms with van der Waals surface area (Å²) in [7, 11) is 0. The van der Waals surface area contributed by atoms with Crippen molar-refractivity contribution in [3.8, 4) is 0 Å². The van der Waals surface area contributed by atoms with Gasteiger partial charge in [0.25, 0.3) is 0 Å². The van der Waals surface area contributed by atoms with Gasteiger partial charge in [-0.05, 0) is 13.8 Å². The number of aromatic nitrogens is 2. The molecule has 7 heteroatoms. The maximum atomic E-state index is 11.6. The van der Waals surface area contributed by atoms with Crippen LogP contribution in [-0.4, -0.2) is 29.0 Å². The van der Waals surface area contributed by atoms with Crippen molar-refractivity contribution in [3.05, 3.63) is 18.2 Å². The molecule has 100 valence electrons. The van der Waals surface area contributed by atoms with Gasteiger partial charge in [0.1, 0.15) is 5.82 Å². The molecular weight excluding hydrogens is 263 g/mol. The van der Waals surface area contributed by atoms with Crippen LogP contribution in [0.1, 0.15) is 19.7 Å². The molecule has 1 heterocycles. The van der Waals surface area contributed by atoms with Crippen molar-refractivity contribution in [2.75, 3.05) is 13.1 Å². The van der Waals surface area contributed by atoms with E-state index in [-0.39, 0.29) is 30.7 Å². The number of nitrogens with one attached hydrogen (secondary N) is 2. The number of nitrogens with two attached hydrogens (primary N) is 1. The van der Waals surface area contributed by atoms with Crippen molar-refractivity contribution in [2.24, 2.45) is 11.1 Å². The molecule has 0 bridgehead atoms. The van der Waals surface area contributed by atoms with Gasteiger partial charge in [0.05, 0.1) is 5.41 Å². The third-order valence-corrected chi connectivity index (χ3v) is 2.33. The molecule has 5 nitrogen and oxygen atoms in total. The second-order valence-corrected chi connectivity index (χ2v) is 4.13. The van der Waals surface area contributed by atoms with Crippen molar-refractivity contribution in [1.29, 1.82) is 0 Å². The van der Waals surface area contributed by atoms with Gasteiger partial charge >= 0.3 is 0 Å². The molecule has 0 fully saturated rings. The molecule has 1 aromatic rings. The van der Waals surface area contributed by atoms with E-state index < -0.39 is 5.41 Å². The number of nitrogens with zero attached hydrogens (tertiary/aromatic N) is 1. The molecular formula is C10H20Cl2N4O. The lowest BCUT2D eigenvalue weighted by Crippen LogP contribution is -2.42. The molecule has 0 aliphatic carbocycles. The molecule has 0 aliphatic heterocycles. The summed E-state index contributed by atoms with van der Waals surface area (Å²) in [6, 6.07) is 0. The maximum Gasteiger partial charge on any atom is 0.226 e. The summed E-state index contributed by atoms with van der Waals surface area (Å²) in [5.74, 6) is 0.859. The van der Waals surface area contributed by atoms with Gasteiger partial charge in [0.2, 0.25) is 5.91 Å². The molecule has 0 spiro atoms. The summed E-state index contributed by atoms with van der Waals surface area (Å²) in [6.45, 7) is 4.58. The van der Waals surface area contributed by atoms with Gasteiger partial charge in [-0.25, -0.2) is 4.98 Å². The van der Waals surface area contributed by atoms with E-state index in [4.69, 9.17) is 5.73 Å². The van der Waals surface area contributed by atoms with Crippen LogP contribution in [-0.2, 0) is 11.2 Å². The van der Waals surface area contributed by atoms with Crippen LogP contribution in [0.4, 0.5) is 0 Å².